The monoisotopic (exact) mass is 406 g/mol. The summed E-state index contributed by atoms with van der Waals surface area (Å²) in [5.41, 5.74) is 3.95. The lowest BCUT2D eigenvalue weighted by atomic mass is 9.85. The van der Waals surface area contributed by atoms with Gasteiger partial charge in [-0.3, -0.25) is 4.68 Å². The van der Waals surface area contributed by atoms with Crippen LogP contribution in [-0.4, -0.2) is 22.9 Å². The van der Waals surface area contributed by atoms with E-state index in [1.54, 1.807) is 12.1 Å². The van der Waals surface area contributed by atoms with Crippen molar-refractivity contribution in [1.82, 2.24) is 9.78 Å². The van der Waals surface area contributed by atoms with Gasteiger partial charge >= 0.3 is 5.97 Å². The molecule has 1 heterocycles. The summed E-state index contributed by atoms with van der Waals surface area (Å²) in [6.07, 6.45) is 6.88. The van der Waals surface area contributed by atoms with Crippen LogP contribution in [0.15, 0.2) is 54.6 Å². The van der Waals surface area contributed by atoms with Crippen LogP contribution in [-0.2, 0) is 17.7 Å². The molecule has 0 saturated heterocycles. The maximum atomic E-state index is 13.4. The molecular weight excluding hydrogens is 379 g/mol. The van der Waals surface area contributed by atoms with Crippen molar-refractivity contribution in [3.63, 3.8) is 0 Å². The fourth-order valence-electron chi connectivity index (χ4n) is 4.38. The van der Waals surface area contributed by atoms with Crippen LogP contribution in [0, 0.1) is 11.7 Å². The Balaban J connectivity index is 1.80. The third kappa shape index (κ3) is 4.45. The number of hydrogen-bond donors (Lipinski definition) is 0. The summed E-state index contributed by atoms with van der Waals surface area (Å²) in [6.45, 7) is 0.485. The van der Waals surface area contributed by atoms with Gasteiger partial charge in [-0.05, 0) is 30.0 Å². The normalized spacial score (nSPS) is 14.6. The highest BCUT2D eigenvalue weighted by atomic mass is 19.1. The van der Waals surface area contributed by atoms with Crippen molar-refractivity contribution in [3.8, 4) is 11.3 Å². The lowest BCUT2D eigenvalue weighted by Gasteiger charge is -2.22. The van der Waals surface area contributed by atoms with Crippen molar-refractivity contribution in [2.24, 2.45) is 5.92 Å². The first kappa shape index (κ1) is 20.3. The van der Waals surface area contributed by atoms with E-state index >= 15 is 0 Å². The molecular formula is C25H27FN2O2. The number of nitrogens with zero attached hydrogens (tertiary/aromatic N) is 2. The van der Waals surface area contributed by atoms with Crippen LogP contribution >= 0.6 is 0 Å². The van der Waals surface area contributed by atoms with E-state index in [-0.39, 0.29) is 11.8 Å². The van der Waals surface area contributed by atoms with Crippen molar-refractivity contribution >= 4 is 5.97 Å². The molecule has 0 amide bonds. The van der Waals surface area contributed by atoms with E-state index in [4.69, 9.17) is 9.84 Å². The molecule has 2 aromatic carbocycles. The van der Waals surface area contributed by atoms with E-state index in [1.807, 2.05) is 35.0 Å². The van der Waals surface area contributed by atoms with Gasteiger partial charge in [-0.25, -0.2) is 9.18 Å². The second-order valence-corrected chi connectivity index (χ2v) is 8.02. The quantitative estimate of drug-likeness (QED) is 0.497. The number of methoxy groups -OCH3 is 1. The Hall–Kier alpha value is -2.95. The average Bonchev–Trinajstić information content (AvgIpc) is 3.14. The van der Waals surface area contributed by atoms with Crippen molar-refractivity contribution in [3.05, 3.63) is 77.2 Å². The number of rotatable bonds is 6. The van der Waals surface area contributed by atoms with Gasteiger partial charge in [0.1, 0.15) is 17.1 Å². The lowest BCUT2D eigenvalue weighted by Crippen LogP contribution is -2.17. The Morgan fingerprint density at radius 2 is 1.77 bits per heavy atom. The van der Waals surface area contributed by atoms with Gasteiger partial charge < -0.3 is 4.74 Å². The molecule has 0 aliphatic heterocycles. The zero-order valence-corrected chi connectivity index (χ0v) is 17.3. The van der Waals surface area contributed by atoms with E-state index in [2.05, 4.69) is 0 Å². The summed E-state index contributed by atoms with van der Waals surface area (Å²) in [6, 6.07) is 16.2. The Morgan fingerprint density at radius 3 is 2.43 bits per heavy atom. The number of aromatic nitrogens is 2. The van der Waals surface area contributed by atoms with Crippen molar-refractivity contribution in [2.75, 3.05) is 7.11 Å². The van der Waals surface area contributed by atoms with Gasteiger partial charge in [0.15, 0.2) is 0 Å². The lowest BCUT2D eigenvalue weighted by molar-refractivity contribution is 0.0599. The van der Waals surface area contributed by atoms with Crippen LogP contribution in [0.4, 0.5) is 4.39 Å². The maximum absolute atomic E-state index is 13.4. The van der Waals surface area contributed by atoms with Gasteiger partial charge in [-0.1, -0.05) is 74.6 Å². The van der Waals surface area contributed by atoms with Crippen LogP contribution in [0.1, 0.15) is 53.7 Å². The number of carbonyl (C=O) groups excluding carboxylic acids is 1. The number of carbonyl (C=O) groups is 1. The Bertz CT molecular complexity index is 990. The molecule has 0 N–H and O–H groups in total. The minimum Gasteiger partial charge on any atom is -0.465 e. The number of hydrogen-bond acceptors (Lipinski definition) is 3. The highest BCUT2D eigenvalue weighted by Crippen LogP contribution is 2.32. The highest BCUT2D eigenvalue weighted by molar-refractivity contribution is 5.97. The summed E-state index contributed by atoms with van der Waals surface area (Å²) in [5.74, 6) is -0.0821. The van der Waals surface area contributed by atoms with Crippen molar-refractivity contribution in [1.29, 1.82) is 0 Å². The second kappa shape index (κ2) is 9.24. The molecule has 0 atom stereocenters. The molecule has 1 aliphatic carbocycles. The molecule has 156 valence electrons. The largest absolute Gasteiger partial charge is 0.465 e. The van der Waals surface area contributed by atoms with Crippen molar-refractivity contribution < 1.29 is 13.9 Å². The van der Waals surface area contributed by atoms with Crippen molar-refractivity contribution in [2.45, 2.75) is 45.1 Å². The number of ether oxygens (including phenoxy) is 1. The molecule has 4 rings (SSSR count). The predicted octanol–water partition coefficient (Wildman–Crippen LogP) is 5.65. The molecule has 1 fully saturated rings. The highest BCUT2D eigenvalue weighted by Gasteiger charge is 2.28. The smallest absolute Gasteiger partial charge is 0.342 e. The van der Waals surface area contributed by atoms with Gasteiger partial charge in [-0.2, -0.15) is 5.10 Å². The topological polar surface area (TPSA) is 44.1 Å². The molecule has 1 aliphatic rings. The summed E-state index contributed by atoms with van der Waals surface area (Å²) in [7, 11) is 1.42. The number of halogens is 1. The average molecular weight is 407 g/mol. The zero-order valence-electron chi connectivity index (χ0n) is 17.3. The van der Waals surface area contributed by atoms with Crippen LogP contribution < -0.4 is 0 Å². The number of benzene rings is 2. The van der Waals surface area contributed by atoms with Crippen LogP contribution in [0.25, 0.3) is 11.3 Å². The number of esters is 1. The van der Waals surface area contributed by atoms with Crippen LogP contribution in [0.2, 0.25) is 0 Å². The molecule has 4 nitrogen and oxygen atoms in total. The summed E-state index contributed by atoms with van der Waals surface area (Å²) < 4.78 is 20.5. The fraction of sp³-hybridized carbons (Fsp3) is 0.360. The molecule has 3 aromatic rings. The first-order valence-electron chi connectivity index (χ1n) is 10.6. The molecule has 30 heavy (non-hydrogen) atoms. The van der Waals surface area contributed by atoms with E-state index in [0.29, 0.717) is 23.7 Å². The van der Waals surface area contributed by atoms with Gasteiger partial charge in [0.25, 0.3) is 0 Å². The zero-order chi connectivity index (χ0) is 20.9. The summed E-state index contributed by atoms with van der Waals surface area (Å²) >= 11 is 0. The maximum Gasteiger partial charge on any atom is 0.342 e. The Kier molecular flexibility index (Phi) is 6.26. The molecule has 1 saturated carbocycles. The standard InChI is InChI=1S/C25H27FN2O2/c1-30-25(29)23-22(16-18-8-4-2-5-9-18)28(17-19-12-14-21(26)15-13-19)27-24(23)20-10-6-3-7-11-20/h3,6-7,10-15,18H,2,4-5,8-9,16-17H2,1H3. The van der Waals surface area contributed by atoms with E-state index in [1.165, 1.54) is 51.3 Å². The molecule has 0 spiro atoms. The molecule has 1 aromatic heterocycles. The SMILES string of the molecule is COC(=O)c1c(-c2ccccc2)nn(Cc2ccc(F)cc2)c1CC1CCCCC1. The Morgan fingerprint density at radius 1 is 1.07 bits per heavy atom. The second-order valence-electron chi connectivity index (χ2n) is 8.02. The molecule has 0 unspecified atom stereocenters. The van der Waals surface area contributed by atoms with Gasteiger partial charge in [0.2, 0.25) is 0 Å². The van der Waals surface area contributed by atoms with E-state index < -0.39 is 0 Å². The van der Waals surface area contributed by atoms with Gasteiger partial charge in [0.05, 0.1) is 19.3 Å². The minimum absolute atomic E-state index is 0.262. The Labute approximate surface area is 176 Å². The van der Waals surface area contributed by atoms with E-state index in [0.717, 1.165) is 23.2 Å². The first-order chi connectivity index (χ1) is 14.7. The third-order valence-corrected chi connectivity index (χ3v) is 5.95. The van der Waals surface area contributed by atoms with E-state index in [9.17, 15) is 9.18 Å². The molecule has 0 radical (unpaired) electrons. The van der Waals surface area contributed by atoms with Crippen LogP contribution in [0.3, 0.4) is 0 Å². The molecule has 5 heteroatoms. The van der Waals surface area contributed by atoms with Gasteiger partial charge in [0, 0.05) is 5.56 Å². The first-order valence-corrected chi connectivity index (χ1v) is 10.6. The third-order valence-electron chi connectivity index (χ3n) is 5.95. The minimum atomic E-state index is -0.356. The predicted molar refractivity (Wildman–Crippen MR) is 115 cm³/mol. The summed E-state index contributed by atoms with van der Waals surface area (Å²) in [4.78, 5) is 12.9. The summed E-state index contributed by atoms with van der Waals surface area (Å²) in [5, 5.41) is 4.85. The molecule has 0 bridgehead atoms. The van der Waals surface area contributed by atoms with Gasteiger partial charge in [-0.15, -0.1) is 0 Å². The fourth-order valence-corrected chi connectivity index (χ4v) is 4.38. The van der Waals surface area contributed by atoms with Crippen LogP contribution in [0.5, 0.6) is 0 Å².